The molecule has 0 aliphatic carbocycles. The third kappa shape index (κ3) is 5.45. The molecule has 2 aromatic heterocycles. The average molecular weight is 573 g/mol. The van der Waals surface area contributed by atoms with Gasteiger partial charge in [-0.1, -0.05) is 6.58 Å². The lowest BCUT2D eigenvalue weighted by Crippen LogP contribution is -2.27. The maximum atomic E-state index is 15.5. The van der Waals surface area contributed by atoms with Crippen LogP contribution in [0.1, 0.15) is 21.5 Å². The first-order valence-corrected chi connectivity index (χ1v) is 12.8. The van der Waals surface area contributed by atoms with E-state index in [1.165, 1.54) is 31.8 Å². The zero-order chi connectivity index (χ0) is 29.2. The molecule has 0 radical (unpaired) electrons. The maximum absolute atomic E-state index is 15.5. The Balaban J connectivity index is 1.77. The molecule has 0 fully saturated rings. The summed E-state index contributed by atoms with van der Waals surface area (Å²) in [5, 5.41) is 0.354. The standard InChI is InChI=1S/C27H20F4N4O4S/c1-14-18(9-16(11-32)15-3-8-24(39-2)34-12-15)19(13-33-14)27(36)25-21(30)6-7-22(26(25)31)35-40(37,38)23-10-17(28)4-5-20(23)29/h3-13,33,35H,1,32H2,2H3/b16-11+,18-9+. The second-order valence-electron chi connectivity index (χ2n) is 8.24. The van der Waals surface area contributed by atoms with Crippen molar-refractivity contribution in [2.45, 2.75) is 4.90 Å². The normalized spacial score (nSPS) is 12.4. The number of aromatic amines is 1. The van der Waals surface area contributed by atoms with Gasteiger partial charge in [-0.05, 0) is 48.0 Å². The highest BCUT2D eigenvalue weighted by Gasteiger charge is 2.27. The number of benzene rings is 2. The molecule has 4 rings (SSSR count). The summed E-state index contributed by atoms with van der Waals surface area (Å²) in [5.41, 5.74) is 4.51. The summed E-state index contributed by atoms with van der Waals surface area (Å²) in [4.78, 5) is 19.1. The highest BCUT2D eigenvalue weighted by molar-refractivity contribution is 7.92. The molecule has 0 aliphatic rings. The van der Waals surface area contributed by atoms with Gasteiger partial charge < -0.3 is 15.5 Å². The molecule has 8 nitrogen and oxygen atoms in total. The van der Waals surface area contributed by atoms with Crippen LogP contribution in [0.25, 0.3) is 18.2 Å². The fraction of sp³-hybridized carbons (Fsp3) is 0.0370. The number of allylic oxidation sites excluding steroid dienone is 1. The molecule has 0 bridgehead atoms. The topological polar surface area (TPSA) is 127 Å². The molecular weight excluding hydrogens is 552 g/mol. The Kier molecular flexibility index (Phi) is 7.77. The van der Waals surface area contributed by atoms with Gasteiger partial charge in [0.15, 0.2) is 5.82 Å². The molecule has 206 valence electrons. The molecule has 0 saturated heterocycles. The van der Waals surface area contributed by atoms with Crippen LogP contribution >= 0.6 is 0 Å². The molecule has 0 atom stereocenters. The van der Waals surface area contributed by atoms with E-state index in [1.54, 1.807) is 16.9 Å². The van der Waals surface area contributed by atoms with Crippen molar-refractivity contribution in [1.82, 2.24) is 9.97 Å². The van der Waals surface area contributed by atoms with Gasteiger partial charge in [-0.2, -0.15) is 0 Å². The predicted octanol–water partition coefficient (Wildman–Crippen LogP) is 3.20. The molecular formula is C27H20F4N4O4S. The van der Waals surface area contributed by atoms with Crippen LogP contribution in [0.5, 0.6) is 5.88 Å². The summed E-state index contributed by atoms with van der Waals surface area (Å²) >= 11 is 0. The smallest absolute Gasteiger partial charge is 0.265 e. The number of hydrogen-bond acceptors (Lipinski definition) is 6. The molecule has 0 unspecified atom stereocenters. The van der Waals surface area contributed by atoms with Gasteiger partial charge in [-0.15, -0.1) is 0 Å². The Morgan fingerprint density at radius 3 is 2.48 bits per heavy atom. The van der Waals surface area contributed by atoms with Crippen molar-refractivity contribution < 1.29 is 35.5 Å². The van der Waals surface area contributed by atoms with Crippen molar-refractivity contribution in [3.8, 4) is 5.88 Å². The number of sulfonamides is 1. The number of methoxy groups -OCH3 is 1. The number of halogens is 4. The highest BCUT2D eigenvalue weighted by Crippen LogP contribution is 2.27. The lowest BCUT2D eigenvalue weighted by Gasteiger charge is -2.12. The van der Waals surface area contributed by atoms with Crippen LogP contribution < -0.4 is 25.8 Å². The number of carbonyl (C=O) groups excluding carboxylic acids is 1. The molecule has 40 heavy (non-hydrogen) atoms. The number of hydrogen-bond donors (Lipinski definition) is 3. The number of nitrogens with zero attached hydrogens (tertiary/aromatic N) is 1. The molecule has 4 aromatic rings. The fourth-order valence-corrected chi connectivity index (χ4v) is 4.89. The number of nitrogens with one attached hydrogen (secondary N) is 2. The second kappa shape index (κ2) is 11.1. The number of H-pyrrole nitrogens is 1. The van der Waals surface area contributed by atoms with Gasteiger partial charge in [0.1, 0.15) is 22.3 Å². The van der Waals surface area contributed by atoms with E-state index in [-0.39, 0.29) is 16.1 Å². The van der Waals surface area contributed by atoms with Crippen molar-refractivity contribution in [3.63, 3.8) is 0 Å². The lowest BCUT2D eigenvalue weighted by atomic mass is 10.0. The summed E-state index contributed by atoms with van der Waals surface area (Å²) in [5.74, 6) is -6.05. The van der Waals surface area contributed by atoms with Gasteiger partial charge in [-0.3, -0.25) is 9.52 Å². The Morgan fingerprint density at radius 1 is 1.10 bits per heavy atom. The van der Waals surface area contributed by atoms with E-state index >= 15 is 4.39 Å². The number of carbonyl (C=O) groups is 1. The third-order valence-corrected chi connectivity index (χ3v) is 7.13. The number of ether oxygens (including phenoxy) is 1. The minimum absolute atomic E-state index is 0.143. The van der Waals surface area contributed by atoms with Gasteiger partial charge in [0.05, 0.1) is 18.4 Å². The monoisotopic (exact) mass is 572 g/mol. The van der Waals surface area contributed by atoms with Crippen LogP contribution in [0.15, 0.2) is 66.0 Å². The summed E-state index contributed by atoms with van der Waals surface area (Å²) < 4.78 is 89.9. The third-order valence-electron chi connectivity index (χ3n) is 5.75. The molecule has 2 aromatic carbocycles. The van der Waals surface area contributed by atoms with Gasteiger partial charge >= 0.3 is 0 Å². The number of rotatable bonds is 8. The molecule has 0 spiro atoms. The number of anilines is 1. The van der Waals surface area contributed by atoms with E-state index in [0.29, 0.717) is 47.3 Å². The van der Waals surface area contributed by atoms with E-state index in [1.807, 2.05) is 0 Å². The van der Waals surface area contributed by atoms with Crippen LogP contribution in [-0.4, -0.2) is 31.3 Å². The largest absolute Gasteiger partial charge is 0.481 e. The average Bonchev–Trinajstić information content (AvgIpc) is 3.29. The maximum Gasteiger partial charge on any atom is 0.265 e. The Hall–Kier alpha value is -4.91. The van der Waals surface area contributed by atoms with Gasteiger partial charge in [0.2, 0.25) is 11.7 Å². The first kappa shape index (κ1) is 28.1. The van der Waals surface area contributed by atoms with Crippen molar-refractivity contribution in [2.75, 3.05) is 11.8 Å². The van der Waals surface area contributed by atoms with Gasteiger partial charge in [0.25, 0.3) is 10.0 Å². The van der Waals surface area contributed by atoms with Crippen LogP contribution in [0.2, 0.25) is 0 Å². The Morgan fingerprint density at radius 2 is 1.82 bits per heavy atom. The van der Waals surface area contributed by atoms with Crippen LogP contribution in [0.4, 0.5) is 23.2 Å². The molecule has 0 saturated carbocycles. The minimum atomic E-state index is -4.87. The highest BCUT2D eigenvalue weighted by atomic mass is 32.2. The van der Waals surface area contributed by atoms with Crippen LogP contribution in [0, 0.1) is 23.3 Å². The number of ketones is 1. The lowest BCUT2D eigenvalue weighted by molar-refractivity contribution is 0.103. The molecule has 2 heterocycles. The van der Waals surface area contributed by atoms with E-state index < -0.39 is 55.2 Å². The quantitative estimate of drug-likeness (QED) is 0.220. The Labute approximate surface area is 225 Å². The van der Waals surface area contributed by atoms with Crippen molar-refractivity contribution in [3.05, 3.63) is 112 Å². The molecule has 4 N–H and O–H groups in total. The van der Waals surface area contributed by atoms with Crippen molar-refractivity contribution in [1.29, 1.82) is 0 Å². The SMILES string of the molecule is C=c1[nH]cc(C(=O)c2c(F)ccc(NS(=O)(=O)c3cc(F)ccc3F)c2F)/c1=C/C(=C\N)c1ccc(OC)nc1. The zero-order valence-electron chi connectivity index (χ0n) is 20.6. The first-order valence-electron chi connectivity index (χ1n) is 11.3. The zero-order valence-corrected chi connectivity index (χ0v) is 21.5. The molecule has 0 aliphatic heterocycles. The summed E-state index contributed by atoms with van der Waals surface area (Å²) in [6.07, 6.45) is 5.31. The van der Waals surface area contributed by atoms with Crippen molar-refractivity contribution in [2.24, 2.45) is 5.73 Å². The second-order valence-corrected chi connectivity index (χ2v) is 9.89. The fourth-order valence-electron chi connectivity index (χ4n) is 3.74. The Bertz CT molecular complexity index is 1870. The summed E-state index contributed by atoms with van der Waals surface area (Å²) in [6.45, 7) is 3.80. The minimum Gasteiger partial charge on any atom is -0.481 e. The van der Waals surface area contributed by atoms with Crippen molar-refractivity contribution >= 4 is 39.7 Å². The van der Waals surface area contributed by atoms with Crippen LogP contribution in [-0.2, 0) is 10.0 Å². The van der Waals surface area contributed by atoms with E-state index in [0.717, 1.165) is 0 Å². The van der Waals surface area contributed by atoms with E-state index in [2.05, 4.69) is 16.5 Å². The summed E-state index contributed by atoms with van der Waals surface area (Å²) in [6, 6.07) is 6.26. The summed E-state index contributed by atoms with van der Waals surface area (Å²) in [7, 11) is -3.42. The van der Waals surface area contributed by atoms with Gasteiger partial charge in [-0.25, -0.2) is 31.0 Å². The molecule has 0 amide bonds. The van der Waals surface area contributed by atoms with E-state index in [4.69, 9.17) is 10.5 Å². The number of aromatic nitrogens is 2. The predicted molar refractivity (Wildman–Crippen MR) is 140 cm³/mol. The number of nitrogens with two attached hydrogens (primary N) is 1. The first-order chi connectivity index (χ1) is 19.0. The molecule has 13 heteroatoms. The number of pyridine rings is 1. The van der Waals surface area contributed by atoms with Crippen LogP contribution in [0.3, 0.4) is 0 Å². The van der Waals surface area contributed by atoms with E-state index in [9.17, 15) is 26.4 Å². The van der Waals surface area contributed by atoms with Gasteiger partial charge in [0, 0.05) is 46.4 Å².